The van der Waals surface area contributed by atoms with E-state index in [-0.39, 0.29) is 5.56 Å². The topological polar surface area (TPSA) is 46.5 Å². The number of benzene rings is 1. The lowest BCUT2D eigenvalue weighted by Crippen LogP contribution is -1.99. The van der Waals surface area contributed by atoms with Gasteiger partial charge in [0.1, 0.15) is 11.3 Å². The summed E-state index contributed by atoms with van der Waals surface area (Å²) in [6.45, 7) is 0. The van der Waals surface area contributed by atoms with Gasteiger partial charge in [-0.1, -0.05) is 38.5 Å². The minimum absolute atomic E-state index is 0.167. The number of ether oxygens (including phenoxy) is 1. The van der Waals surface area contributed by atoms with E-state index in [0.29, 0.717) is 5.75 Å². The summed E-state index contributed by atoms with van der Waals surface area (Å²) in [7, 11) is 1.44. The Kier molecular flexibility index (Phi) is 6.90. The van der Waals surface area contributed by atoms with Gasteiger partial charge in [-0.2, -0.15) is 0 Å². The second-order valence-corrected chi connectivity index (χ2v) is 3.07. The first kappa shape index (κ1) is 13.7. The maximum absolute atomic E-state index is 10.6. The average Bonchev–Trinajstić information content (AvgIpc) is 2.20. The highest BCUT2D eigenvalue weighted by atomic mass is 127. The van der Waals surface area contributed by atoms with Gasteiger partial charge < -0.3 is 9.84 Å². The largest absolute Gasteiger partial charge is 0.496 e. The maximum Gasteiger partial charge on any atom is 0.339 e. The van der Waals surface area contributed by atoms with Crippen LogP contribution in [0.25, 0.3) is 0 Å². The van der Waals surface area contributed by atoms with Crippen molar-refractivity contribution in [2.45, 2.75) is 0 Å². The van der Waals surface area contributed by atoms with Crippen LogP contribution in [0.15, 0.2) is 22.7 Å². The molecule has 1 aromatic rings. The van der Waals surface area contributed by atoms with E-state index in [0.717, 1.165) is 4.47 Å². The van der Waals surface area contributed by atoms with E-state index in [2.05, 4.69) is 38.5 Å². The molecule has 0 unspecified atom stereocenters. The molecule has 0 aliphatic rings. The summed E-state index contributed by atoms with van der Waals surface area (Å²) in [5.74, 6) is -0.628. The van der Waals surface area contributed by atoms with Gasteiger partial charge in [-0.15, -0.1) is 0 Å². The Hall–Kier alpha value is -0.300. The van der Waals surface area contributed by atoms with Crippen LogP contribution < -0.4 is 4.74 Å². The van der Waals surface area contributed by atoms with E-state index in [4.69, 9.17) is 9.84 Å². The van der Waals surface area contributed by atoms with Crippen molar-refractivity contribution in [3.8, 4) is 5.75 Å². The van der Waals surface area contributed by atoms with Crippen molar-refractivity contribution in [3.05, 3.63) is 28.2 Å². The molecule has 0 saturated heterocycles. The summed E-state index contributed by atoms with van der Waals surface area (Å²) < 4.78 is 5.67. The Labute approximate surface area is 105 Å². The first-order valence-electron chi connectivity index (χ1n) is 3.60. The molecule has 0 bridgehead atoms. The van der Waals surface area contributed by atoms with Gasteiger partial charge in [-0.3, -0.25) is 0 Å². The van der Waals surface area contributed by atoms with Crippen LogP contribution in [-0.2, 0) is 0 Å². The molecule has 0 saturated carbocycles. The molecule has 0 aliphatic carbocycles. The first-order valence-corrected chi connectivity index (χ1v) is 6.55. The number of carbonyl (C=O) groups is 1. The molecule has 3 nitrogen and oxygen atoms in total. The van der Waals surface area contributed by atoms with Gasteiger partial charge in [0.2, 0.25) is 0 Å². The van der Waals surface area contributed by atoms with Gasteiger partial charge in [0.25, 0.3) is 0 Å². The third kappa shape index (κ3) is 3.83. The summed E-state index contributed by atoms with van der Waals surface area (Å²) in [6.07, 6.45) is 0. The Morgan fingerprint density at radius 1 is 1.50 bits per heavy atom. The number of halogens is 2. The first-order chi connectivity index (χ1) is 6.65. The summed E-state index contributed by atoms with van der Waals surface area (Å²) >= 11 is 5.36. The molecule has 0 aromatic heterocycles. The molecule has 5 heteroatoms. The van der Waals surface area contributed by atoms with Crippen molar-refractivity contribution in [2.24, 2.45) is 0 Å². The van der Waals surface area contributed by atoms with Gasteiger partial charge in [-0.05, 0) is 23.1 Å². The lowest BCUT2D eigenvalue weighted by atomic mass is 10.2. The molecule has 1 rings (SSSR count). The highest BCUT2D eigenvalue weighted by Crippen LogP contribution is 2.23. The zero-order valence-electron chi connectivity index (χ0n) is 7.75. The van der Waals surface area contributed by atoms with E-state index in [1.54, 1.807) is 12.1 Å². The zero-order valence-corrected chi connectivity index (χ0v) is 11.5. The van der Waals surface area contributed by atoms with Crippen LogP contribution in [-0.4, -0.2) is 23.1 Å². The van der Waals surface area contributed by atoms with Crippen LogP contribution in [0.2, 0.25) is 0 Å². The number of aromatic carboxylic acids is 1. The van der Waals surface area contributed by atoms with Gasteiger partial charge in [0.05, 0.1) is 7.11 Å². The van der Waals surface area contributed by atoms with E-state index in [1.807, 2.05) is 4.93 Å². The lowest BCUT2D eigenvalue weighted by Gasteiger charge is -2.03. The fraction of sp³-hybridized carbons (Fsp3) is 0.222. The zero-order chi connectivity index (χ0) is 11.1. The van der Waals surface area contributed by atoms with E-state index in [1.165, 1.54) is 13.2 Å². The Morgan fingerprint density at radius 3 is 2.50 bits per heavy atom. The van der Waals surface area contributed by atoms with Crippen molar-refractivity contribution in [3.63, 3.8) is 0 Å². The van der Waals surface area contributed by atoms with Crippen molar-refractivity contribution >= 4 is 44.5 Å². The average molecular weight is 373 g/mol. The van der Waals surface area contributed by atoms with Crippen LogP contribution in [0.3, 0.4) is 0 Å². The fourth-order valence-corrected chi connectivity index (χ4v) is 1.18. The smallest absolute Gasteiger partial charge is 0.339 e. The molecule has 0 atom stereocenters. The molecule has 0 amide bonds. The van der Waals surface area contributed by atoms with Crippen LogP contribution in [0, 0.1) is 0 Å². The summed E-state index contributed by atoms with van der Waals surface area (Å²) in [5, 5.41) is 8.69. The molecule has 0 spiro atoms. The van der Waals surface area contributed by atoms with Gasteiger partial charge in [-0.25, -0.2) is 4.79 Å². The number of alkyl halides is 1. The van der Waals surface area contributed by atoms with E-state index in [9.17, 15) is 4.79 Å². The highest BCUT2D eigenvalue weighted by molar-refractivity contribution is 14.1. The van der Waals surface area contributed by atoms with Crippen molar-refractivity contribution in [1.29, 1.82) is 0 Å². The van der Waals surface area contributed by atoms with Gasteiger partial charge in [0.15, 0.2) is 0 Å². The Morgan fingerprint density at radius 2 is 2.07 bits per heavy atom. The Balaban J connectivity index is 0.000000791. The summed E-state index contributed by atoms with van der Waals surface area (Å²) in [4.78, 5) is 12.6. The molecular weight excluding hydrogens is 363 g/mol. The standard InChI is InChI=1S/C8H7BrO3.CH3I/c1-12-7-4-5(9)2-3-6(7)8(10)11;1-2/h2-4H,1H3,(H,10,11);1H3. The summed E-state index contributed by atoms with van der Waals surface area (Å²) in [5.41, 5.74) is 0.167. The quantitative estimate of drug-likeness (QED) is 0.640. The monoisotopic (exact) mass is 372 g/mol. The normalized spacial score (nSPS) is 8.57. The van der Waals surface area contributed by atoms with Crippen LogP contribution in [0.4, 0.5) is 0 Å². The van der Waals surface area contributed by atoms with Crippen molar-refractivity contribution in [2.75, 3.05) is 12.0 Å². The maximum atomic E-state index is 10.6. The third-order valence-electron chi connectivity index (χ3n) is 1.39. The molecule has 1 aromatic carbocycles. The minimum atomic E-state index is -0.987. The second-order valence-electron chi connectivity index (χ2n) is 2.15. The van der Waals surface area contributed by atoms with E-state index >= 15 is 0 Å². The molecule has 78 valence electrons. The lowest BCUT2D eigenvalue weighted by molar-refractivity contribution is 0.0693. The van der Waals surface area contributed by atoms with Crippen molar-refractivity contribution < 1.29 is 14.6 Å². The molecule has 0 aliphatic heterocycles. The molecule has 0 heterocycles. The van der Waals surface area contributed by atoms with Gasteiger partial charge in [0, 0.05) is 4.47 Å². The third-order valence-corrected chi connectivity index (χ3v) is 1.89. The molecule has 14 heavy (non-hydrogen) atoms. The van der Waals surface area contributed by atoms with E-state index < -0.39 is 5.97 Å². The number of carboxylic acid groups (broad SMARTS) is 1. The van der Waals surface area contributed by atoms with Crippen LogP contribution in [0.1, 0.15) is 10.4 Å². The SMILES string of the molecule is CI.COc1cc(Br)ccc1C(=O)O. The fourth-order valence-electron chi connectivity index (χ4n) is 0.842. The predicted octanol–water partition coefficient (Wildman–Crippen LogP) is 3.21. The summed E-state index contributed by atoms with van der Waals surface area (Å²) in [6, 6.07) is 4.76. The molecular formula is C9H10BrIO3. The van der Waals surface area contributed by atoms with Gasteiger partial charge >= 0.3 is 5.97 Å². The number of rotatable bonds is 2. The molecule has 0 fully saturated rings. The van der Waals surface area contributed by atoms with Crippen molar-refractivity contribution in [1.82, 2.24) is 0 Å². The highest BCUT2D eigenvalue weighted by Gasteiger charge is 2.09. The van der Waals surface area contributed by atoms with Crippen LogP contribution >= 0.6 is 38.5 Å². The molecule has 1 N–H and O–H groups in total. The number of hydrogen-bond donors (Lipinski definition) is 1. The number of hydrogen-bond acceptors (Lipinski definition) is 2. The minimum Gasteiger partial charge on any atom is -0.496 e. The Bertz CT molecular complexity index is 315. The predicted molar refractivity (Wildman–Crippen MR) is 67.6 cm³/mol. The number of methoxy groups -OCH3 is 1. The second kappa shape index (κ2) is 7.05. The van der Waals surface area contributed by atoms with Crippen LogP contribution in [0.5, 0.6) is 5.75 Å². The molecule has 0 radical (unpaired) electrons. The number of carboxylic acids is 1.